The van der Waals surface area contributed by atoms with E-state index in [1.54, 1.807) is 0 Å². The van der Waals surface area contributed by atoms with Crippen molar-refractivity contribution in [2.45, 2.75) is 32.8 Å². The first kappa shape index (κ1) is 14.2. The van der Waals surface area contributed by atoms with E-state index in [4.69, 9.17) is 14.3 Å². The summed E-state index contributed by atoms with van der Waals surface area (Å²) in [6.07, 6.45) is 1.22. The van der Waals surface area contributed by atoms with E-state index in [0.717, 1.165) is 11.3 Å². The molecule has 1 aromatic carbocycles. The predicted molar refractivity (Wildman–Crippen MR) is 75.1 cm³/mol. The molecule has 1 N–H and O–H groups in total. The van der Waals surface area contributed by atoms with Crippen LogP contribution in [0.2, 0.25) is 0 Å². The summed E-state index contributed by atoms with van der Waals surface area (Å²) in [5.74, 6) is 0.273. The zero-order chi connectivity index (χ0) is 14.8. The molecule has 0 atom stereocenters. The lowest BCUT2D eigenvalue weighted by molar-refractivity contribution is 0.0696. The second-order valence-electron chi connectivity index (χ2n) is 5.64. The van der Waals surface area contributed by atoms with Gasteiger partial charge in [0.25, 0.3) is 0 Å². The fraction of sp³-hybridized carbons (Fsp3) is 0.312. The first-order valence-corrected chi connectivity index (χ1v) is 6.41. The van der Waals surface area contributed by atoms with Gasteiger partial charge in [0.05, 0.1) is 5.56 Å². The molecule has 0 fully saturated rings. The standard InChI is InChI=1S/C16H18O4/c1-16(2,3)13-6-4-5-7-14(13)20-10-12-8-11(9-19-12)15(17)18/h4-9H,10H2,1-3H3,(H,17,18). The lowest BCUT2D eigenvalue weighted by atomic mass is 9.86. The van der Waals surface area contributed by atoms with Crippen molar-refractivity contribution < 1.29 is 19.1 Å². The van der Waals surface area contributed by atoms with Gasteiger partial charge < -0.3 is 14.3 Å². The second-order valence-corrected chi connectivity index (χ2v) is 5.64. The van der Waals surface area contributed by atoms with Gasteiger partial charge in [-0.25, -0.2) is 4.79 Å². The van der Waals surface area contributed by atoms with Crippen LogP contribution in [0.3, 0.4) is 0 Å². The number of ether oxygens (including phenoxy) is 1. The first-order valence-electron chi connectivity index (χ1n) is 6.41. The van der Waals surface area contributed by atoms with E-state index < -0.39 is 5.97 Å². The number of carbonyl (C=O) groups is 1. The van der Waals surface area contributed by atoms with Crippen LogP contribution in [0.4, 0.5) is 0 Å². The van der Waals surface area contributed by atoms with Crippen LogP contribution < -0.4 is 4.74 Å². The van der Waals surface area contributed by atoms with Gasteiger partial charge in [-0.2, -0.15) is 0 Å². The predicted octanol–water partition coefficient (Wildman–Crippen LogP) is 3.85. The maximum atomic E-state index is 10.8. The Balaban J connectivity index is 2.13. The highest BCUT2D eigenvalue weighted by atomic mass is 16.5. The molecule has 0 radical (unpaired) electrons. The molecule has 0 unspecified atom stereocenters. The Labute approximate surface area is 118 Å². The third kappa shape index (κ3) is 3.20. The Morgan fingerprint density at radius 1 is 1.30 bits per heavy atom. The summed E-state index contributed by atoms with van der Waals surface area (Å²) in [5.41, 5.74) is 1.21. The number of hydrogen-bond acceptors (Lipinski definition) is 3. The SMILES string of the molecule is CC(C)(C)c1ccccc1OCc1cc(C(=O)O)co1. The number of hydrogen-bond donors (Lipinski definition) is 1. The lowest BCUT2D eigenvalue weighted by Crippen LogP contribution is -2.13. The van der Waals surface area contributed by atoms with E-state index in [0.29, 0.717) is 5.76 Å². The number of rotatable bonds is 4. The molecule has 4 heteroatoms. The smallest absolute Gasteiger partial charge is 0.338 e. The average molecular weight is 274 g/mol. The van der Waals surface area contributed by atoms with Gasteiger partial charge in [-0.05, 0) is 23.1 Å². The molecule has 106 valence electrons. The number of carboxylic acids is 1. The van der Waals surface area contributed by atoms with E-state index in [-0.39, 0.29) is 17.6 Å². The van der Waals surface area contributed by atoms with E-state index in [1.807, 2.05) is 24.3 Å². The van der Waals surface area contributed by atoms with Crippen LogP contribution >= 0.6 is 0 Å². The topological polar surface area (TPSA) is 59.7 Å². The summed E-state index contributed by atoms with van der Waals surface area (Å²) in [6, 6.07) is 9.29. The molecule has 2 rings (SSSR count). The number of aromatic carboxylic acids is 1. The van der Waals surface area contributed by atoms with Crippen molar-refractivity contribution in [1.82, 2.24) is 0 Å². The molecule has 0 spiro atoms. The molecule has 0 bridgehead atoms. The molecule has 2 aromatic rings. The zero-order valence-electron chi connectivity index (χ0n) is 11.8. The second kappa shape index (κ2) is 5.41. The number of carboxylic acid groups (broad SMARTS) is 1. The summed E-state index contributed by atoms with van der Waals surface area (Å²) in [5, 5.41) is 8.83. The monoisotopic (exact) mass is 274 g/mol. The van der Waals surface area contributed by atoms with Crippen LogP contribution in [0.25, 0.3) is 0 Å². The van der Waals surface area contributed by atoms with Crippen molar-refractivity contribution in [3.63, 3.8) is 0 Å². The molecule has 0 saturated carbocycles. The van der Waals surface area contributed by atoms with Crippen molar-refractivity contribution >= 4 is 5.97 Å². The van der Waals surface area contributed by atoms with Crippen LogP contribution in [0, 0.1) is 0 Å². The number of furan rings is 1. The molecular formula is C16H18O4. The van der Waals surface area contributed by atoms with E-state index in [2.05, 4.69) is 20.8 Å². The Morgan fingerprint density at radius 3 is 2.60 bits per heavy atom. The van der Waals surface area contributed by atoms with Gasteiger partial charge in [0, 0.05) is 0 Å². The maximum absolute atomic E-state index is 10.8. The third-order valence-corrected chi connectivity index (χ3v) is 2.97. The van der Waals surface area contributed by atoms with Gasteiger partial charge >= 0.3 is 5.97 Å². The van der Waals surface area contributed by atoms with Crippen LogP contribution in [-0.2, 0) is 12.0 Å². The Morgan fingerprint density at radius 2 is 2.00 bits per heavy atom. The molecule has 0 aliphatic heterocycles. The highest BCUT2D eigenvalue weighted by Gasteiger charge is 2.18. The molecule has 20 heavy (non-hydrogen) atoms. The van der Waals surface area contributed by atoms with Crippen LogP contribution in [0.5, 0.6) is 5.75 Å². The Bertz CT molecular complexity index is 605. The van der Waals surface area contributed by atoms with Crippen molar-refractivity contribution in [3.8, 4) is 5.75 Å². The fourth-order valence-corrected chi connectivity index (χ4v) is 1.93. The lowest BCUT2D eigenvalue weighted by Gasteiger charge is -2.22. The normalized spacial score (nSPS) is 11.3. The Kier molecular flexibility index (Phi) is 3.84. The summed E-state index contributed by atoms with van der Waals surface area (Å²) in [7, 11) is 0. The van der Waals surface area contributed by atoms with Gasteiger partial charge in [-0.1, -0.05) is 39.0 Å². The molecule has 1 heterocycles. The largest absolute Gasteiger partial charge is 0.485 e. The van der Waals surface area contributed by atoms with Gasteiger partial charge in [-0.3, -0.25) is 0 Å². The molecule has 0 aliphatic carbocycles. The third-order valence-electron chi connectivity index (χ3n) is 2.97. The minimum atomic E-state index is -1.00. The van der Waals surface area contributed by atoms with Gasteiger partial charge in [0.15, 0.2) is 0 Å². The molecule has 1 aromatic heterocycles. The molecular weight excluding hydrogens is 256 g/mol. The molecule has 0 aliphatic rings. The zero-order valence-corrected chi connectivity index (χ0v) is 11.8. The minimum absolute atomic E-state index is 0.0218. The van der Waals surface area contributed by atoms with Crippen molar-refractivity contribution in [2.24, 2.45) is 0 Å². The number of para-hydroxylation sites is 1. The first-order chi connectivity index (χ1) is 9.38. The van der Waals surface area contributed by atoms with Crippen LogP contribution in [-0.4, -0.2) is 11.1 Å². The summed E-state index contributed by atoms with van der Waals surface area (Å²) in [6.45, 7) is 6.56. The highest BCUT2D eigenvalue weighted by Crippen LogP contribution is 2.31. The van der Waals surface area contributed by atoms with Crippen molar-refractivity contribution in [3.05, 3.63) is 53.5 Å². The van der Waals surface area contributed by atoms with Crippen LogP contribution in [0.15, 0.2) is 41.0 Å². The quantitative estimate of drug-likeness (QED) is 0.919. The maximum Gasteiger partial charge on any atom is 0.338 e. The van der Waals surface area contributed by atoms with Crippen molar-refractivity contribution in [1.29, 1.82) is 0 Å². The molecule has 0 saturated heterocycles. The van der Waals surface area contributed by atoms with Crippen molar-refractivity contribution in [2.75, 3.05) is 0 Å². The molecule has 0 amide bonds. The van der Waals surface area contributed by atoms with Crippen LogP contribution in [0.1, 0.15) is 42.5 Å². The fourth-order valence-electron chi connectivity index (χ4n) is 1.93. The van der Waals surface area contributed by atoms with Gasteiger partial charge in [0.2, 0.25) is 0 Å². The van der Waals surface area contributed by atoms with E-state index in [9.17, 15) is 4.79 Å². The average Bonchev–Trinajstić information content (AvgIpc) is 2.84. The minimum Gasteiger partial charge on any atom is -0.485 e. The summed E-state index contributed by atoms with van der Waals surface area (Å²) in [4.78, 5) is 10.8. The summed E-state index contributed by atoms with van der Waals surface area (Å²) >= 11 is 0. The van der Waals surface area contributed by atoms with Gasteiger partial charge in [0.1, 0.15) is 24.4 Å². The molecule has 4 nitrogen and oxygen atoms in total. The van der Waals surface area contributed by atoms with E-state index >= 15 is 0 Å². The number of benzene rings is 1. The van der Waals surface area contributed by atoms with Gasteiger partial charge in [-0.15, -0.1) is 0 Å². The summed E-state index contributed by atoms with van der Waals surface area (Å²) < 4.78 is 10.9. The Hall–Kier alpha value is -2.23. The van der Waals surface area contributed by atoms with E-state index in [1.165, 1.54) is 12.3 Å². The highest BCUT2D eigenvalue weighted by molar-refractivity contribution is 5.87.